The first-order valence-electron chi connectivity index (χ1n) is 6.49. The summed E-state index contributed by atoms with van der Waals surface area (Å²) in [4.78, 5) is 0. The molecule has 0 unspecified atom stereocenters. The Labute approximate surface area is 99.9 Å². The highest BCUT2D eigenvalue weighted by molar-refractivity contribution is 7.91. The minimum absolute atomic E-state index is 0.269. The molecule has 1 rings (SSSR count). The Morgan fingerprint density at radius 3 is 2.50 bits per heavy atom. The van der Waals surface area contributed by atoms with Gasteiger partial charge in [-0.05, 0) is 38.6 Å². The van der Waals surface area contributed by atoms with Crippen LogP contribution in [0.3, 0.4) is 0 Å². The number of hydrogen-bond acceptors (Lipinski definition) is 3. The van der Waals surface area contributed by atoms with Crippen LogP contribution in [0.5, 0.6) is 0 Å². The van der Waals surface area contributed by atoms with Crippen molar-refractivity contribution in [3.05, 3.63) is 0 Å². The van der Waals surface area contributed by atoms with E-state index in [9.17, 15) is 8.42 Å². The first-order valence-corrected chi connectivity index (χ1v) is 8.31. The molecule has 0 heterocycles. The molecule has 0 radical (unpaired) electrons. The number of nitrogens with one attached hydrogen (secondary N) is 1. The first-order chi connectivity index (χ1) is 7.55. The smallest absolute Gasteiger partial charge is 0.150 e. The zero-order chi connectivity index (χ0) is 12.0. The maximum absolute atomic E-state index is 11.3. The summed E-state index contributed by atoms with van der Waals surface area (Å²) >= 11 is 0. The lowest BCUT2D eigenvalue weighted by Gasteiger charge is -2.20. The van der Waals surface area contributed by atoms with E-state index >= 15 is 0 Å². The van der Waals surface area contributed by atoms with Gasteiger partial charge in [-0.15, -0.1) is 0 Å². The third-order valence-electron chi connectivity index (χ3n) is 3.65. The number of hydrogen-bond donors (Lipinski definition) is 1. The molecular weight excluding hydrogens is 222 g/mol. The van der Waals surface area contributed by atoms with Crippen molar-refractivity contribution < 1.29 is 8.42 Å². The Balaban J connectivity index is 2.11. The Hall–Kier alpha value is -0.0900. The van der Waals surface area contributed by atoms with Gasteiger partial charge in [0.1, 0.15) is 9.84 Å². The van der Waals surface area contributed by atoms with E-state index in [0.717, 1.165) is 18.9 Å². The van der Waals surface area contributed by atoms with E-state index in [-0.39, 0.29) is 5.75 Å². The van der Waals surface area contributed by atoms with Crippen LogP contribution in [0.15, 0.2) is 0 Å². The first kappa shape index (κ1) is 14.0. The highest BCUT2D eigenvalue weighted by Crippen LogP contribution is 2.27. The Kier molecular flexibility index (Phi) is 5.76. The molecule has 0 spiro atoms. The zero-order valence-electron chi connectivity index (χ0n) is 10.5. The molecule has 0 saturated heterocycles. The molecule has 4 heteroatoms. The summed E-state index contributed by atoms with van der Waals surface area (Å²) in [6, 6.07) is 0.548. The van der Waals surface area contributed by atoms with Crippen LogP contribution in [0.4, 0.5) is 0 Å². The second-order valence-corrected chi connectivity index (χ2v) is 7.35. The second kappa shape index (κ2) is 6.60. The minimum atomic E-state index is -2.78. The molecule has 0 amide bonds. The summed E-state index contributed by atoms with van der Waals surface area (Å²) in [6.45, 7) is 4.77. The average molecular weight is 247 g/mol. The molecule has 96 valence electrons. The van der Waals surface area contributed by atoms with Gasteiger partial charge in [-0.2, -0.15) is 0 Å². The van der Waals surface area contributed by atoms with Gasteiger partial charge in [0.15, 0.2) is 0 Å². The third kappa shape index (κ3) is 4.83. The van der Waals surface area contributed by atoms with E-state index < -0.39 is 9.84 Å². The van der Waals surface area contributed by atoms with E-state index in [0.29, 0.717) is 11.8 Å². The largest absolute Gasteiger partial charge is 0.314 e. The fourth-order valence-electron chi connectivity index (χ4n) is 2.39. The third-order valence-corrected chi connectivity index (χ3v) is 5.44. The average Bonchev–Trinajstić information content (AvgIpc) is 2.77. The summed E-state index contributed by atoms with van der Waals surface area (Å²) in [5.74, 6) is 1.40. The van der Waals surface area contributed by atoms with Crippen LogP contribution in [0.2, 0.25) is 0 Å². The molecule has 16 heavy (non-hydrogen) atoms. The topological polar surface area (TPSA) is 46.2 Å². The molecule has 1 aliphatic carbocycles. The van der Waals surface area contributed by atoms with Gasteiger partial charge in [0.05, 0.1) is 5.75 Å². The summed E-state index contributed by atoms with van der Waals surface area (Å²) in [5, 5.41) is 3.46. The molecule has 1 saturated carbocycles. The van der Waals surface area contributed by atoms with Crippen molar-refractivity contribution in [3.63, 3.8) is 0 Å². The highest BCUT2D eigenvalue weighted by Gasteiger charge is 2.20. The Morgan fingerprint density at radius 2 is 1.94 bits per heavy atom. The predicted molar refractivity (Wildman–Crippen MR) is 68.4 cm³/mol. The van der Waals surface area contributed by atoms with Crippen LogP contribution >= 0.6 is 0 Å². The van der Waals surface area contributed by atoms with Gasteiger partial charge in [-0.1, -0.05) is 19.8 Å². The number of sulfone groups is 1. The van der Waals surface area contributed by atoms with Crippen molar-refractivity contribution in [2.75, 3.05) is 18.1 Å². The maximum Gasteiger partial charge on any atom is 0.150 e. The molecule has 0 aromatic heterocycles. The predicted octanol–water partition coefficient (Wildman–Crippen LogP) is 1.98. The van der Waals surface area contributed by atoms with Crippen LogP contribution in [0.1, 0.15) is 46.0 Å². The molecule has 1 atom stereocenters. The van der Waals surface area contributed by atoms with Crippen LogP contribution in [0, 0.1) is 5.92 Å². The van der Waals surface area contributed by atoms with E-state index in [1.165, 1.54) is 25.7 Å². The number of rotatable bonds is 7. The van der Waals surface area contributed by atoms with Gasteiger partial charge in [0.25, 0.3) is 0 Å². The zero-order valence-corrected chi connectivity index (χ0v) is 11.4. The standard InChI is InChI=1S/C12H25NO2S/c1-3-16(14,15)10-6-9-13-11(2)12-7-4-5-8-12/h11-13H,3-10H2,1-2H3/t11-/m1/s1. The minimum Gasteiger partial charge on any atom is -0.314 e. The SMILES string of the molecule is CCS(=O)(=O)CCCN[C@H](C)C1CCCC1. The molecule has 0 bridgehead atoms. The van der Waals surface area contributed by atoms with Crippen LogP contribution in [0.25, 0.3) is 0 Å². The molecular formula is C12H25NO2S. The lowest BCUT2D eigenvalue weighted by molar-refractivity contribution is 0.382. The monoisotopic (exact) mass is 247 g/mol. The van der Waals surface area contributed by atoms with Crippen molar-refractivity contribution >= 4 is 9.84 Å². The van der Waals surface area contributed by atoms with Crippen molar-refractivity contribution in [2.24, 2.45) is 5.92 Å². The van der Waals surface area contributed by atoms with Crippen LogP contribution in [-0.4, -0.2) is 32.5 Å². The van der Waals surface area contributed by atoms with Crippen molar-refractivity contribution in [1.82, 2.24) is 5.32 Å². The van der Waals surface area contributed by atoms with E-state index in [2.05, 4.69) is 12.2 Å². The quantitative estimate of drug-likeness (QED) is 0.700. The second-order valence-electron chi connectivity index (χ2n) is 4.88. The fourth-order valence-corrected chi connectivity index (χ4v) is 3.26. The van der Waals surface area contributed by atoms with E-state index in [4.69, 9.17) is 0 Å². The summed E-state index contributed by atoms with van der Waals surface area (Å²) < 4.78 is 22.5. The summed E-state index contributed by atoms with van der Waals surface area (Å²) in [5.41, 5.74) is 0. The Morgan fingerprint density at radius 1 is 1.31 bits per heavy atom. The van der Waals surface area contributed by atoms with Gasteiger partial charge in [0.2, 0.25) is 0 Å². The van der Waals surface area contributed by atoms with Gasteiger partial charge in [-0.25, -0.2) is 8.42 Å². The summed E-state index contributed by atoms with van der Waals surface area (Å²) in [6.07, 6.45) is 6.14. The molecule has 0 aliphatic heterocycles. The van der Waals surface area contributed by atoms with Crippen molar-refractivity contribution in [2.45, 2.75) is 52.0 Å². The van der Waals surface area contributed by atoms with Crippen LogP contribution in [-0.2, 0) is 9.84 Å². The molecule has 0 aromatic carbocycles. The maximum atomic E-state index is 11.3. The molecule has 1 fully saturated rings. The normalized spacial score (nSPS) is 20.1. The van der Waals surface area contributed by atoms with Gasteiger partial charge >= 0.3 is 0 Å². The molecule has 1 aliphatic rings. The molecule has 3 nitrogen and oxygen atoms in total. The fraction of sp³-hybridized carbons (Fsp3) is 1.00. The lowest BCUT2D eigenvalue weighted by Crippen LogP contribution is -2.33. The van der Waals surface area contributed by atoms with E-state index in [1.54, 1.807) is 6.92 Å². The Bertz CT molecular complexity index is 281. The van der Waals surface area contributed by atoms with Crippen LogP contribution < -0.4 is 5.32 Å². The molecule has 0 aromatic rings. The van der Waals surface area contributed by atoms with Gasteiger partial charge < -0.3 is 5.32 Å². The molecule has 1 N–H and O–H groups in total. The lowest BCUT2D eigenvalue weighted by atomic mass is 10.00. The van der Waals surface area contributed by atoms with E-state index in [1.807, 2.05) is 0 Å². The van der Waals surface area contributed by atoms with Crippen molar-refractivity contribution in [1.29, 1.82) is 0 Å². The van der Waals surface area contributed by atoms with Crippen molar-refractivity contribution in [3.8, 4) is 0 Å². The highest BCUT2D eigenvalue weighted by atomic mass is 32.2. The van der Waals surface area contributed by atoms with Gasteiger partial charge in [0, 0.05) is 11.8 Å². The van der Waals surface area contributed by atoms with Gasteiger partial charge in [-0.3, -0.25) is 0 Å². The summed E-state index contributed by atoms with van der Waals surface area (Å²) in [7, 11) is -2.78.